The largest absolute Gasteiger partial charge is 0.497 e. The first-order valence-electron chi connectivity index (χ1n) is 12.7. The smallest absolute Gasteiger partial charge is 0.307 e. The molecule has 6 rings (SSSR count). The Kier molecular flexibility index (Phi) is 6.07. The summed E-state index contributed by atoms with van der Waals surface area (Å²) >= 11 is 0. The van der Waals surface area contributed by atoms with Crippen molar-refractivity contribution in [3.05, 3.63) is 78.1 Å². The van der Waals surface area contributed by atoms with E-state index in [1.54, 1.807) is 31.5 Å². The van der Waals surface area contributed by atoms with Crippen LogP contribution in [0.15, 0.2) is 66.9 Å². The average Bonchev–Trinajstić information content (AvgIpc) is 3.23. The van der Waals surface area contributed by atoms with Crippen molar-refractivity contribution in [2.45, 2.75) is 38.3 Å². The van der Waals surface area contributed by atoms with Gasteiger partial charge in [0.2, 0.25) is 0 Å². The van der Waals surface area contributed by atoms with Gasteiger partial charge in [-0.2, -0.15) is 5.10 Å². The molecule has 1 aliphatic rings. The third kappa shape index (κ3) is 4.28. The van der Waals surface area contributed by atoms with Gasteiger partial charge in [-0.15, -0.1) is 0 Å². The van der Waals surface area contributed by atoms with Crippen molar-refractivity contribution in [2.24, 2.45) is 0 Å². The quantitative estimate of drug-likeness (QED) is 0.273. The SMILES string of the molecule is COc1ccc(CC(=O)O)c(OCc2c3cc(-c4cccc5c(N)nccc45)ccc3nn2C2CCC2)c1. The second-order valence-electron chi connectivity index (χ2n) is 9.64. The Bertz CT molecular complexity index is 1670. The maximum atomic E-state index is 11.4. The fourth-order valence-electron chi connectivity index (χ4n) is 5.13. The molecule has 0 atom stereocenters. The molecule has 1 fully saturated rings. The van der Waals surface area contributed by atoms with Gasteiger partial charge < -0.3 is 20.3 Å². The molecule has 8 nitrogen and oxygen atoms in total. The lowest BCUT2D eigenvalue weighted by Gasteiger charge is -2.27. The van der Waals surface area contributed by atoms with Gasteiger partial charge in [0.05, 0.1) is 30.8 Å². The lowest BCUT2D eigenvalue weighted by molar-refractivity contribution is -0.136. The van der Waals surface area contributed by atoms with Crippen LogP contribution in [0.1, 0.15) is 36.6 Å². The lowest BCUT2D eigenvalue weighted by atomic mass is 9.93. The third-order valence-electron chi connectivity index (χ3n) is 7.35. The van der Waals surface area contributed by atoms with E-state index in [-0.39, 0.29) is 13.0 Å². The number of aliphatic carboxylic acids is 1. The van der Waals surface area contributed by atoms with Crippen LogP contribution in [0.3, 0.4) is 0 Å². The van der Waals surface area contributed by atoms with Crippen LogP contribution in [0.5, 0.6) is 11.5 Å². The van der Waals surface area contributed by atoms with E-state index >= 15 is 0 Å². The number of nitrogen functional groups attached to an aromatic ring is 1. The molecule has 0 aliphatic heterocycles. The number of carboxylic acids is 1. The van der Waals surface area contributed by atoms with Gasteiger partial charge in [0.25, 0.3) is 0 Å². The minimum absolute atomic E-state index is 0.134. The fraction of sp³-hybridized carbons (Fsp3) is 0.233. The zero-order chi connectivity index (χ0) is 26.2. The van der Waals surface area contributed by atoms with E-state index < -0.39 is 5.97 Å². The van der Waals surface area contributed by atoms with Gasteiger partial charge >= 0.3 is 5.97 Å². The highest BCUT2D eigenvalue weighted by Crippen LogP contribution is 2.38. The molecule has 5 aromatic rings. The predicted molar refractivity (Wildman–Crippen MR) is 146 cm³/mol. The Balaban J connectivity index is 1.43. The summed E-state index contributed by atoms with van der Waals surface area (Å²) in [5.74, 6) is 0.696. The monoisotopic (exact) mass is 508 g/mol. The molecule has 38 heavy (non-hydrogen) atoms. The minimum atomic E-state index is -0.916. The Morgan fingerprint density at radius 3 is 2.71 bits per heavy atom. The molecule has 1 saturated carbocycles. The number of benzene rings is 3. The molecule has 2 heterocycles. The van der Waals surface area contributed by atoms with E-state index in [1.165, 1.54) is 6.42 Å². The van der Waals surface area contributed by atoms with Gasteiger partial charge in [-0.05, 0) is 60.0 Å². The number of nitrogens with zero attached hydrogens (tertiary/aromatic N) is 3. The van der Waals surface area contributed by atoms with Crippen LogP contribution < -0.4 is 15.2 Å². The summed E-state index contributed by atoms with van der Waals surface area (Å²) in [6, 6.07) is 19.9. The topological polar surface area (TPSA) is 112 Å². The number of carboxylic acid groups (broad SMARTS) is 1. The summed E-state index contributed by atoms with van der Waals surface area (Å²) < 4.78 is 13.8. The zero-order valence-electron chi connectivity index (χ0n) is 21.1. The van der Waals surface area contributed by atoms with Crippen molar-refractivity contribution < 1.29 is 19.4 Å². The van der Waals surface area contributed by atoms with Crippen LogP contribution in [0.25, 0.3) is 32.8 Å². The van der Waals surface area contributed by atoms with Crippen LogP contribution in [-0.2, 0) is 17.8 Å². The normalized spacial score (nSPS) is 13.5. The summed E-state index contributed by atoms with van der Waals surface area (Å²) in [5.41, 5.74) is 10.7. The number of aromatic nitrogens is 3. The number of ether oxygens (including phenoxy) is 2. The van der Waals surface area contributed by atoms with Crippen molar-refractivity contribution >= 4 is 33.5 Å². The molecule has 192 valence electrons. The molecule has 3 aromatic carbocycles. The molecule has 0 amide bonds. The summed E-state index contributed by atoms with van der Waals surface area (Å²) in [4.78, 5) is 15.7. The maximum Gasteiger partial charge on any atom is 0.307 e. The molecular formula is C30H28N4O4. The molecule has 0 spiro atoms. The van der Waals surface area contributed by atoms with E-state index in [9.17, 15) is 9.90 Å². The summed E-state index contributed by atoms with van der Waals surface area (Å²) in [6.07, 6.45) is 4.93. The Morgan fingerprint density at radius 1 is 1.08 bits per heavy atom. The van der Waals surface area contributed by atoms with Crippen LogP contribution in [0, 0.1) is 0 Å². The van der Waals surface area contributed by atoms with Gasteiger partial charge in [-0.25, -0.2) is 4.98 Å². The van der Waals surface area contributed by atoms with Gasteiger partial charge in [0.15, 0.2) is 0 Å². The van der Waals surface area contributed by atoms with Crippen molar-refractivity contribution in [2.75, 3.05) is 12.8 Å². The summed E-state index contributed by atoms with van der Waals surface area (Å²) in [6.45, 7) is 0.253. The van der Waals surface area contributed by atoms with Crippen molar-refractivity contribution in [3.63, 3.8) is 0 Å². The number of anilines is 1. The Hall–Kier alpha value is -4.59. The second kappa shape index (κ2) is 9.70. The lowest BCUT2D eigenvalue weighted by Crippen LogP contribution is -2.21. The molecule has 0 bridgehead atoms. The van der Waals surface area contributed by atoms with Crippen molar-refractivity contribution in [3.8, 4) is 22.6 Å². The van der Waals surface area contributed by atoms with E-state index in [1.807, 2.05) is 24.3 Å². The molecule has 0 saturated heterocycles. The second-order valence-corrected chi connectivity index (χ2v) is 9.64. The van der Waals surface area contributed by atoms with Crippen LogP contribution in [0.4, 0.5) is 5.82 Å². The van der Waals surface area contributed by atoms with Crippen LogP contribution >= 0.6 is 0 Å². The van der Waals surface area contributed by atoms with Crippen LogP contribution in [-0.4, -0.2) is 33.0 Å². The average molecular weight is 509 g/mol. The molecular weight excluding hydrogens is 480 g/mol. The van der Waals surface area contributed by atoms with E-state index in [0.29, 0.717) is 28.9 Å². The Labute approximate surface area is 219 Å². The first-order chi connectivity index (χ1) is 18.5. The maximum absolute atomic E-state index is 11.4. The number of nitrogens with two attached hydrogens (primary N) is 1. The highest BCUT2D eigenvalue weighted by atomic mass is 16.5. The highest BCUT2D eigenvalue weighted by molar-refractivity contribution is 6.02. The standard InChI is InChI=1S/C30H28N4O4/c1-37-21-10-8-19(15-29(35)36)28(16-21)38-17-27-25-14-18(9-11-26(25)33-34(27)20-4-2-5-20)22-6-3-7-24-23(22)12-13-32-30(24)31/h3,6-14,16,20H,2,4-5,15,17H2,1H3,(H2,31,32)(H,35,36). The summed E-state index contributed by atoms with van der Waals surface area (Å²) in [7, 11) is 1.58. The number of hydrogen-bond donors (Lipinski definition) is 2. The van der Waals surface area contributed by atoms with Gasteiger partial charge in [0.1, 0.15) is 23.9 Å². The first kappa shape index (κ1) is 23.8. The molecule has 0 unspecified atom stereocenters. The van der Waals surface area contributed by atoms with Gasteiger partial charge in [0, 0.05) is 28.6 Å². The van der Waals surface area contributed by atoms with Gasteiger partial charge in [-0.3, -0.25) is 9.48 Å². The zero-order valence-corrected chi connectivity index (χ0v) is 21.1. The van der Waals surface area contributed by atoms with Gasteiger partial charge in [-0.1, -0.05) is 30.3 Å². The van der Waals surface area contributed by atoms with Crippen molar-refractivity contribution in [1.29, 1.82) is 0 Å². The molecule has 3 N–H and O–H groups in total. The number of fused-ring (bicyclic) bond motifs is 2. The molecule has 0 radical (unpaired) electrons. The highest BCUT2D eigenvalue weighted by Gasteiger charge is 2.25. The van der Waals surface area contributed by atoms with Crippen molar-refractivity contribution in [1.82, 2.24) is 14.8 Å². The summed E-state index contributed by atoms with van der Waals surface area (Å²) in [5, 5.41) is 17.3. The number of rotatable bonds is 8. The number of carbonyl (C=O) groups is 1. The molecule has 8 heteroatoms. The Morgan fingerprint density at radius 2 is 1.95 bits per heavy atom. The predicted octanol–water partition coefficient (Wildman–Crippen LogP) is 5.77. The molecule has 1 aliphatic carbocycles. The number of hydrogen-bond acceptors (Lipinski definition) is 6. The third-order valence-corrected chi connectivity index (χ3v) is 7.35. The first-order valence-corrected chi connectivity index (χ1v) is 12.7. The van der Waals surface area contributed by atoms with E-state index in [4.69, 9.17) is 20.3 Å². The van der Waals surface area contributed by atoms with E-state index in [0.717, 1.165) is 51.3 Å². The minimum Gasteiger partial charge on any atom is -0.497 e. The number of pyridine rings is 1. The fourth-order valence-corrected chi connectivity index (χ4v) is 5.13. The number of methoxy groups -OCH3 is 1. The van der Waals surface area contributed by atoms with Crippen LogP contribution in [0.2, 0.25) is 0 Å². The van der Waals surface area contributed by atoms with E-state index in [2.05, 4.69) is 27.9 Å². The molecule has 2 aromatic heterocycles.